The molecule has 1 amide bonds. The number of carbonyl (C=O) groups is 1. The first kappa shape index (κ1) is 18.5. The van der Waals surface area contributed by atoms with Crippen molar-refractivity contribution in [1.82, 2.24) is 10.2 Å². The van der Waals surface area contributed by atoms with Crippen molar-refractivity contribution < 1.29 is 14.3 Å². The van der Waals surface area contributed by atoms with Gasteiger partial charge in [0.15, 0.2) is 0 Å². The minimum absolute atomic E-state index is 0.108. The van der Waals surface area contributed by atoms with Gasteiger partial charge in [-0.15, -0.1) is 11.3 Å². The Morgan fingerprint density at radius 2 is 2.19 bits per heavy atom. The number of amides is 1. The summed E-state index contributed by atoms with van der Waals surface area (Å²) in [5.41, 5.74) is 2.24. The van der Waals surface area contributed by atoms with E-state index in [1.165, 1.54) is 16.5 Å². The SMILES string of the molecule is COc1ccc(OC)c(/C=C/C(=O)NCCN2CCc3sccc3C2)c1. The van der Waals surface area contributed by atoms with Crippen LogP contribution in [0.2, 0.25) is 0 Å². The second-order valence-corrected chi connectivity index (χ2v) is 7.13. The van der Waals surface area contributed by atoms with E-state index in [0.717, 1.165) is 37.4 Å². The van der Waals surface area contributed by atoms with Gasteiger partial charge in [-0.25, -0.2) is 0 Å². The van der Waals surface area contributed by atoms with Crippen LogP contribution in [0.3, 0.4) is 0 Å². The summed E-state index contributed by atoms with van der Waals surface area (Å²) in [5, 5.41) is 5.11. The van der Waals surface area contributed by atoms with Crippen molar-refractivity contribution in [2.75, 3.05) is 33.9 Å². The fourth-order valence-electron chi connectivity index (χ4n) is 3.03. The van der Waals surface area contributed by atoms with Crippen molar-refractivity contribution in [3.63, 3.8) is 0 Å². The molecule has 1 N–H and O–H groups in total. The molecule has 1 aromatic carbocycles. The van der Waals surface area contributed by atoms with Gasteiger partial charge >= 0.3 is 0 Å². The summed E-state index contributed by atoms with van der Waals surface area (Å²) in [6, 6.07) is 7.70. The molecule has 3 rings (SSSR count). The van der Waals surface area contributed by atoms with Gasteiger partial charge in [-0.2, -0.15) is 0 Å². The number of nitrogens with zero attached hydrogens (tertiary/aromatic N) is 1. The van der Waals surface area contributed by atoms with E-state index in [2.05, 4.69) is 21.7 Å². The lowest BCUT2D eigenvalue weighted by atomic mass is 10.1. The van der Waals surface area contributed by atoms with Crippen molar-refractivity contribution in [3.8, 4) is 11.5 Å². The monoisotopic (exact) mass is 372 g/mol. The summed E-state index contributed by atoms with van der Waals surface area (Å²) < 4.78 is 10.5. The molecule has 1 aliphatic heterocycles. The molecule has 1 aromatic heterocycles. The second kappa shape index (κ2) is 8.87. The van der Waals surface area contributed by atoms with Gasteiger partial charge in [0.1, 0.15) is 11.5 Å². The molecule has 5 nitrogen and oxygen atoms in total. The van der Waals surface area contributed by atoms with Crippen molar-refractivity contribution in [3.05, 3.63) is 51.7 Å². The third-order valence-electron chi connectivity index (χ3n) is 4.47. The number of hydrogen-bond donors (Lipinski definition) is 1. The van der Waals surface area contributed by atoms with E-state index in [1.54, 1.807) is 20.3 Å². The van der Waals surface area contributed by atoms with Crippen LogP contribution in [0.1, 0.15) is 16.0 Å². The van der Waals surface area contributed by atoms with Gasteiger partial charge in [-0.1, -0.05) is 0 Å². The molecule has 2 aromatic rings. The average molecular weight is 372 g/mol. The molecule has 0 saturated carbocycles. The first-order valence-corrected chi connectivity index (χ1v) is 9.53. The molecule has 1 aliphatic rings. The Kier molecular flexibility index (Phi) is 6.30. The molecule has 0 fully saturated rings. The molecular weight excluding hydrogens is 348 g/mol. The Balaban J connectivity index is 1.48. The number of thiophene rings is 1. The molecule has 138 valence electrons. The maximum Gasteiger partial charge on any atom is 0.244 e. The molecule has 0 aliphatic carbocycles. The number of rotatable bonds is 7. The summed E-state index contributed by atoms with van der Waals surface area (Å²) in [7, 11) is 3.22. The predicted octanol–water partition coefficient (Wildman–Crippen LogP) is 2.95. The number of hydrogen-bond acceptors (Lipinski definition) is 5. The first-order chi connectivity index (χ1) is 12.7. The minimum Gasteiger partial charge on any atom is -0.497 e. The zero-order chi connectivity index (χ0) is 18.4. The summed E-state index contributed by atoms with van der Waals surface area (Å²) in [4.78, 5) is 16.0. The van der Waals surface area contributed by atoms with Gasteiger partial charge < -0.3 is 14.8 Å². The van der Waals surface area contributed by atoms with E-state index >= 15 is 0 Å². The first-order valence-electron chi connectivity index (χ1n) is 8.65. The molecule has 0 radical (unpaired) electrons. The predicted molar refractivity (Wildman–Crippen MR) is 105 cm³/mol. The van der Waals surface area contributed by atoms with Crippen molar-refractivity contribution in [2.24, 2.45) is 0 Å². The van der Waals surface area contributed by atoms with Crippen molar-refractivity contribution >= 4 is 23.3 Å². The van der Waals surface area contributed by atoms with Gasteiger partial charge in [0.05, 0.1) is 14.2 Å². The van der Waals surface area contributed by atoms with Gasteiger partial charge in [-0.05, 0) is 47.7 Å². The van der Waals surface area contributed by atoms with Crippen LogP contribution in [-0.4, -0.2) is 44.7 Å². The van der Waals surface area contributed by atoms with Crippen molar-refractivity contribution in [2.45, 2.75) is 13.0 Å². The van der Waals surface area contributed by atoms with E-state index in [0.29, 0.717) is 12.3 Å². The van der Waals surface area contributed by atoms with E-state index < -0.39 is 0 Å². The molecule has 0 saturated heterocycles. The average Bonchev–Trinajstić information content (AvgIpc) is 3.14. The highest BCUT2D eigenvalue weighted by molar-refractivity contribution is 7.10. The largest absolute Gasteiger partial charge is 0.497 e. The Labute approximate surface area is 158 Å². The molecule has 0 spiro atoms. The normalized spacial score (nSPS) is 14.2. The summed E-state index contributed by atoms with van der Waals surface area (Å²) in [6.07, 6.45) is 4.39. The molecule has 0 unspecified atom stereocenters. The van der Waals surface area contributed by atoms with Crippen molar-refractivity contribution in [1.29, 1.82) is 0 Å². The summed E-state index contributed by atoms with van der Waals surface area (Å²) in [6.45, 7) is 3.53. The van der Waals surface area contributed by atoms with Gasteiger partial charge in [0.25, 0.3) is 0 Å². The number of methoxy groups -OCH3 is 2. The van der Waals surface area contributed by atoms with E-state index in [9.17, 15) is 4.79 Å². The maximum absolute atomic E-state index is 12.1. The van der Waals surface area contributed by atoms with Crippen LogP contribution in [0.15, 0.2) is 35.7 Å². The minimum atomic E-state index is -0.108. The second-order valence-electron chi connectivity index (χ2n) is 6.13. The third kappa shape index (κ3) is 4.65. The fraction of sp³-hybridized carbons (Fsp3) is 0.350. The van der Waals surface area contributed by atoms with Crippen LogP contribution in [-0.2, 0) is 17.8 Å². The Hall–Kier alpha value is -2.31. The van der Waals surface area contributed by atoms with Crippen LogP contribution in [0, 0.1) is 0 Å². The highest BCUT2D eigenvalue weighted by Crippen LogP contribution is 2.25. The smallest absolute Gasteiger partial charge is 0.244 e. The highest BCUT2D eigenvalue weighted by atomic mass is 32.1. The topological polar surface area (TPSA) is 50.8 Å². The molecule has 0 atom stereocenters. The Bertz CT molecular complexity index is 785. The number of fused-ring (bicyclic) bond motifs is 1. The standard InChI is InChI=1S/C20H24N2O3S/c1-24-17-4-5-18(25-2)15(13-17)3-6-20(23)21-9-11-22-10-7-19-16(14-22)8-12-26-19/h3-6,8,12-13H,7,9-11,14H2,1-2H3,(H,21,23)/b6-3+. The Morgan fingerprint density at radius 1 is 1.31 bits per heavy atom. The lowest BCUT2D eigenvalue weighted by molar-refractivity contribution is -0.116. The lowest BCUT2D eigenvalue weighted by Crippen LogP contribution is -2.37. The van der Waals surface area contributed by atoms with Crippen LogP contribution >= 0.6 is 11.3 Å². The molecular formula is C20H24N2O3S. The number of nitrogens with one attached hydrogen (secondary N) is 1. The van der Waals surface area contributed by atoms with Crippen LogP contribution in [0.25, 0.3) is 6.08 Å². The fourth-order valence-corrected chi connectivity index (χ4v) is 3.92. The third-order valence-corrected chi connectivity index (χ3v) is 5.49. The van der Waals surface area contributed by atoms with E-state index in [4.69, 9.17) is 9.47 Å². The molecule has 0 bridgehead atoms. The molecule has 2 heterocycles. The lowest BCUT2D eigenvalue weighted by Gasteiger charge is -2.26. The zero-order valence-corrected chi connectivity index (χ0v) is 16.0. The van der Waals surface area contributed by atoms with Crippen LogP contribution in [0.4, 0.5) is 0 Å². The molecule has 6 heteroatoms. The number of ether oxygens (including phenoxy) is 2. The van der Waals surface area contributed by atoms with E-state index in [1.807, 2.05) is 29.5 Å². The highest BCUT2D eigenvalue weighted by Gasteiger charge is 2.16. The summed E-state index contributed by atoms with van der Waals surface area (Å²) >= 11 is 1.84. The van der Waals surface area contributed by atoms with Gasteiger partial charge in [-0.3, -0.25) is 9.69 Å². The van der Waals surface area contributed by atoms with E-state index in [-0.39, 0.29) is 5.91 Å². The molecule has 26 heavy (non-hydrogen) atoms. The van der Waals surface area contributed by atoms with Crippen LogP contribution < -0.4 is 14.8 Å². The quantitative estimate of drug-likeness (QED) is 0.759. The van der Waals surface area contributed by atoms with Gasteiger partial charge in [0, 0.05) is 42.7 Å². The maximum atomic E-state index is 12.1. The number of benzene rings is 1. The number of carbonyl (C=O) groups excluding carboxylic acids is 1. The summed E-state index contributed by atoms with van der Waals surface area (Å²) in [5.74, 6) is 1.32. The van der Waals surface area contributed by atoms with Gasteiger partial charge in [0.2, 0.25) is 5.91 Å². The Morgan fingerprint density at radius 3 is 3.00 bits per heavy atom. The van der Waals surface area contributed by atoms with Crippen LogP contribution in [0.5, 0.6) is 11.5 Å². The zero-order valence-electron chi connectivity index (χ0n) is 15.2.